The number of carbonyl (C=O) groups is 1. The molecule has 2 aromatic rings. The predicted octanol–water partition coefficient (Wildman–Crippen LogP) is 3.57. The molecule has 1 heterocycles. The molecular weight excluding hydrogens is 271 g/mol. The van der Waals surface area contributed by atoms with Crippen molar-refractivity contribution in [1.82, 2.24) is 4.98 Å². The maximum atomic E-state index is 13.5. The van der Waals surface area contributed by atoms with E-state index in [1.54, 1.807) is 12.1 Å². The molecule has 110 valence electrons. The lowest BCUT2D eigenvalue weighted by molar-refractivity contribution is 0.102. The van der Waals surface area contributed by atoms with Crippen molar-refractivity contribution in [3.05, 3.63) is 53.6 Å². The Kier molecular flexibility index (Phi) is 4.52. The number of halogens is 1. The minimum absolute atomic E-state index is 0.0353. The molecule has 0 radical (unpaired) electrons. The van der Waals surface area contributed by atoms with Crippen molar-refractivity contribution in [2.75, 3.05) is 5.32 Å². The van der Waals surface area contributed by atoms with Gasteiger partial charge in [-0.15, -0.1) is 0 Å². The molecule has 0 aliphatic rings. The normalized spacial score (nSPS) is 10.5. The Labute approximate surface area is 123 Å². The van der Waals surface area contributed by atoms with Crippen molar-refractivity contribution in [1.29, 1.82) is 0 Å². The molecule has 1 aromatic carbocycles. The molecule has 1 amide bonds. The molecule has 0 bridgehead atoms. The zero-order valence-corrected chi connectivity index (χ0v) is 12.2. The molecule has 5 heteroatoms. The molecular formula is C16H17FN2O2. The van der Waals surface area contributed by atoms with Crippen LogP contribution in [0.1, 0.15) is 29.8 Å². The lowest BCUT2D eigenvalue weighted by Gasteiger charge is -2.13. The maximum absolute atomic E-state index is 13.5. The summed E-state index contributed by atoms with van der Waals surface area (Å²) in [5.41, 5.74) is 1.43. The molecule has 21 heavy (non-hydrogen) atoms. The van der Waals surface area contributed by atoms with Gasteiger partial charge in [-0.2, -0.15) is 0 Å². The highest BCUT2D eigenvalue weighted by Gasteiger charge is 2.13. The third-order valence-electron chi connectivity index (χ3n) is 2.83. The molecule has 0 atom stereocenters. The number of pyridine rings is 1. The van der Waals surface area contributed by atoms with Crippen LogP contribution in [0.3, 0.4) is 0 Å². The average molecular weight is 288 g/mol. The lowest BCUT2D eigenvalue weighted by atomic mass is 10.1. The molecule has 4 nitrogen and oxygen atoms in total. The topological polar surface area (TPSA) is 51.2 Å². The number of hydrogen-bond donors (Lipinski definition) is 1. The quantitative estimate of drug-likeness (QED) is 0.935. The van der Waals surface area contributed by atoms with E-state index in [1.165, 1.54) is 12.3 Å². The van der Waals surface area contributed by atoms with Gasteiger partial charge in [0, 0.05) is 11.9 Å². The fourth-order valence-electron chi connectivity index (χ4n) is 1.87. The second-order valence-corrected chi connectivity index (χ2v) is 4.95. The standard InChI is InChI=1S/C16H17FN2O2/c1-10(2)21-12-4-5-15(11(3)8-12)19-16(20)13-6-7-18-9-14(13)17/h4-10H,1-3H3,(H,19,20). The van der Waals surface area contributed by atoms with Gasteiger partial charge in [0.15, 0.2) is 5.82 Å². The van der Waals surface area contributed by atoms with E-state index in [1.807, 2.05) is 26.8 Å². The Morgan fingerprint density at radius 1 is 1.33 bits per heavy atom. The number of nitrogens with zero attached hydrogens (tertiary/aromatic N) is 1. The van der Waals surface area contributed by atoms with Crippen LogP contribution in [0.15, 0.2) is 36.7 Å². The van der Waals surface area contributed by atoms with Crippen LogP contribution in [0.2, 0.25) is 0 Å². The highest BCUT2D eigenvalue weighted by atomic mass is 19.1. The van der Waals surface area contributed by atoms with Crippen LogP contribution in [0.5, 0.6) is 5.75 Å². The number of nitrogens with one attached hydrogen (secondary N) is 1. The number of anilines is 1. The third kappa shape index (κ3) is 3.78. The summed E-state index contributed by atoms with van der Waals surface area (Å²) in [6, 6.07) is 6.68. The van der Waals surface area contributed by atoms with Gasteiger partial charge in [0.25, 0.3) is 5.91 Å². The number of rotatable bonds is 4. The molecule has 0 aliphatic heterocycles. The number of benzene rings is 1. The summed E-state index contributed by atoms with van der Waals surface area (Å²) >= 11 is 0. The molecule has 1 aromatic heterocycles. The SMILES string of the molecule is Cc1cc(OC(C)C)ccc1NC(=O)c1ccncc1F. The lowest BCUT2D eigenvalue weighted by Crippen LogP contribution is -2.15. The first-order valence-electron chi connectivity index (χ1n) is 6.65. The monoisotopic (exact) mass is 288 g/mol. The van der Waals surface area contributed by atoms with Crippen molar-refractivity contribution in [3.8, 4) is 5.75 Å². The first kappa shape index (κ1) is 15.0. The second-order valence-electron chi connectivity index (χ2n) is 4.95. The Bertz CT molecular complexity index is 656. The number of carbonyl (C=O) groups excluding carboxylic acids is 1. The molecule has 0 fully saturated rings. The van der Waals surface area contributed by atoms with Crippen LogP contribution < -0.4 is 10.1 Å². The van der Waals surface area contributed by atoms with Gasteiger partial charge in [-0.25, -0.2) is 4.39 Å². The second kappa shape index (κ2) is 6.35. The summed E-state index contributed by atoms with van der Waals surface area (Å²) in [5, 5.41) is 2.69. The van der Waals surface area contributed by atoms with Crippen LogP contribution >= 0.6 is 0 Å². The van der Waals surface area contributed by atoms with Crippen molar-refractivity contribution in [3.63, 3.8) is 0 Å². The summed E-state index contributed by atoms with van der Waals surface area (Å²) in [5.74, 6) is -0.418. The van der Waals surface area contributed by atoms with E-state index in [2.05, 4.69) is 10.3 Å². The number of amides is 1. The summed E-state index contributed by atoms with van der Waals surface area (Å²) in [6.45, 7) is 5.74. The van der Waals surface area contributed by atoms with E-state index in [0.29, 0.717) is 5.69 Å². The molecule has 1 N–H and O–H groups in total. The van der Waals surface area contributed by atoms with Gasteiger partial charge in [0.05, 0.1) is 17.9 Å². The minimum Gasteiger partial charge on any atom is -0.491 e. The minimum atomic E-state index is -0.646. The van der Waals surface area contributed by atoms with Crippen LogP contribution in [0.25, 0.3) is 0 Å². The van der Waals surface area contributed by atoms with Crippen LogP contribution in [0, 0.1) is 12.7 Å². The highest BCUT2D eigenvalue weighted by molar-refractivity contribution is 6.04. The molecule has 0 saturated carbocycles. The Morgan fingerprint density at radius 2 is 2.10 bits per heavy atom. The van der Waals surface area contributed by atoms with Crippen LogP contribution in [0.4, 0.5) is 10.1 Å². The fourth-order valence-corrected chi connectivity index (χ4v) is 1.87. The van der Waals surface area contributed by atoms with Crippen LogP contribution in [-0.4, -0.2) is 17.0 Å². The fraction of sp³-hybridized carbons (Fsp3) is 0.250. The van der Waals surface area contributed by atoms with E-state index in [0.717, 1.165) is 17.5 Å². The van der Waals surface area contributed by atoms with E-state index in [9.17, 15) is 9.18 Å². The zero-order valence-electron chi connectivity index (χ0n) is 12.2. The van der Waals surface area contributed by atoms with Gasteiger partial charge in [0.1, 0.15) is 5.75 Å². The number of ether oxygens (including phenoxy) is 1. The van der Waals surface area contributed by atoms with Crippen molar-refractivity contribution in [2.24, 2.45) is 0 Å². The molecule has 0 spiro atoms. The van der Waals surface area contributed by atoms with Crippen molar-refractivity contribution >= 4 is 11.6 Å². The first-order chi connectivity index (χ1) is 9.97. The van der Waals surface area contributed by atoms with E-state index in [4.69, 9.17) is 4.74 Å². The van der Waals surface area contributed by atoms with Crippen molar-refractivity contribution in [2.45, 2.75) is 26.9 Å². The molecule has 0 aliphatic carbocycles. The summed E-state index contributed by atoms with van der Waals surface area (Å²) < 4.78 is 19.1. The Morgan fingerprint density at radius 3 is 2.71 bits per heavy atom. The highest BCUT2D eigenvalue weighted by Crippen LogP contribution is 2.23. The van der Waals surface area contributed by atoms with Gasteiger partial charge < -0.3 is 10.1 Å². The summed E-state index contributed by atoms with van der Waals surface area (Å²) in [6.07, 6.45) is 2.47. The number of aromatic nitrogens is 1. The van der Waals surface area contributed by atoms with Gasteiger partial charge >= 0.3 is 0 Å². The zero-order chi connectivity index (χ0) is 15.4. The molecule has 0 saturated heterocycles. The van der Waals surface area contributed by atoms with E-state index in [-0.39, 0.29) is 11.7 Å². The Hall–Kier alpha value is -2.43. The first-order valence-corrected chi connectivity index (χ1v) is 6.65. The van der Waals surface area contributed by atoms with Crippen molar-refractivity contribution < 1.29 is 13.9 Å². The van der Waals surface area contributed by atoms with Crippen LogP contribution in [-0.2, 0) is 0 Å². The smallest absolute Gasteiger partial charge is 0.258 e. The third-order valence-corrected chi connectivity index (χ3v) is 2.83. The number of aryl methyl sites for hydroxylation is 1. The van der Waals surface area contributed by atoms with E-state index >= 15 is 0 Å². The molecule has 2 rings (SSSR count). The molecule has 0 unspecified atom stereocenters. The largest absolute Gasteiger partial charge is 0.491 e. The van der Waals surface area contributed by atoms with Gasteiger partial charge in [-0.1, -0.05) is 0 Å². The summed E-state index contributed by atoms with van der Waals surface area (Å²) in [7, 11) is 0. The Balaban J connectivity index is 2.17. The average Bonchev–Trinajstić information content (AvgIpc) is 2.41. The maximum Gasteiger partial charge on any atom is 0.258 e. The van der Waals surface area contributed by atoms with Gasteiger partial charge in [-0.05, 0) is 50.6 Å². The van der Waals surface area contributed by atoms with Gasteiger partial charge in [-0.3, -0.25) is 9.78 Å². The number of hydrogen-bond acceptors (Lipinski definition) is 3. The van der Waals surface area contributed by atoms with Gasteiger partial charge in [0.2, 0.25) is 0 Å². The summed E-state index contributed by atoms with van der Waals surface area (Å²) in [4.78, 5) is 15.7. The predicted molar refractivity (Wildman–Crippen MR) is 79.1 cm³/mol. The van der Waals surface area contributed by atoms with E-state index < -0.39 is 11.7 Å².